The van der Waals surface area contributed by atoms with Crippen molar-refractivity contribution in [3.05, 3.63) is 48.0 Å². The lowest BCUT2D eigenvalue weighted by molar-refractivity contribution is 0.0695. The van der Waals surface area contributed by atoms with Gasteiger partial charge in [0.15, 0.2) is 9.84 Å². The van der Waals surface area contributed by atoms with Crippen molar-refractivity contribution in [2.45, 2.75) is 17.9 Å². The summed E-state index contributed by atoms with van der Waals surface area (Å²) in [6.07, 6.45) is 0.820. The van der Waals surface area contributed by atoms with Crippen LogP contribution in [-0.2, 0) is 14.4 Å². The van der Waals surface area contributed by atoms with Gasteiger partial charge in [-0.15, -0.1) is 0 Å². The first-order valence-electron chi connectivity index (χ1n) is 7.53. The number of benzene rings is 2. The highest BCUT2D eigenvalue weighted by Crippen LogP contribution is 2.29. The lowest BCUT2D eigenvalue weighted by atomic mass is 10.2. The Balaban J connectivity index is 2.27. The molecule has 0 saturated heterocycles. The van der Waals surface area contributed by atoms with Crippen LogP contribution in [0, 0.1) is 0 Å². The predicted molar refractivity (Wildman–Crippen MR) is 98.8 cm³/mol. The van der Waals surface area contributed by atoms with Crippen molar-refractivity contribution < 1.29 is 32.3 Å². The zero-order valence-electron chi connectivity index (χ0n) is 14.2. The molecule has 0 aliphatic rings. The van der Waals surface area contributed by atoms with Gasteiger partial charge < -0.3 is 19.1 Å². The first-order valence-corrected chi connectivity index (χ1v) is 9.90. The van der Waals surface area contributed by atoms with E-state index >= 15 is 0 Å². The summed E-state index contributed by atoms with van der Waals surface area (Å²) in [6, 6.07) is 10.1. The molecule has 0 aliphatic heterocycles. The van der Waals surface area contributed by atoms with Crippen molar-refractivity contribution in [1.82, 2.24) is 0 Å². The summed E-state index contributed by atoms with van der Waals surface area (Å²) in [4.78, 5) is 11.5. The SMILES string of the molecule is C[C@@H](COP)Oc1cc(Oc2ccc(S(C)(=O)=O)cc2)cc(C(=O)O)c1. The molecule has 0 spiro atoms. The third-order valence-corrected chi connectivity index (χ3v) is 4.60. The molecule has 0 bridgehead atoms. The molecule has 7 nitrogen and oxygen atoms in total. The Morgan fingerprint density at radius 3 is 2.27 bits per heavy atom. The van der Waals surface area contributed by atoms with Gasteiger partial charge >= 0.3 is 5.97 Å². The Kier molecular flexibility index (Phi) is 6.58. The van der Waals surface area contributed by atoms with Gasteiger partial charge in [0.1, 0.15) is 23.4 Å². The average molecular weight is 398 g/mol. The summed E-state index contributed by atoms with van der Waals surface area (Å²) in [5.74, 6) is -0.178. The number of rotatable bonds is 8. The Morgan fingerprint density at radius 1 is 1.12 bits per heavy atom. The number of ether oxygens (including phenoxy) is 2. The minimum atomic E-state index is -3.30. The molecule has 1 unspecified atom stereocenters. The van der Waals surface area contributed by atoms with Gasteiger partial charge in [-0.2, -0.15) is 0 Å². The maximum atomic E-state index is 11.5. The quantitative estimate of drug-likeness (QED) is 0.682. The molecule has 0 radical (unpaired) electrons. The molecule has 0 aromatic heterocycles. The molecule has 0 saturated carbocycles. The molecular weight excluding hydrogens is 379 g/mol. The van der Waals surface area contributed by atoms with Gasteiger partial charge in [-0.1, -0.05) is 0 Å². The maximum absolute atomic E-state index is 11.5. The molecule has 0 aliphatic carbocycles. The standard InChI is InChI=1S/C17H19O7PS/c1-11(10-22-25)23-14-7-12(17(18)19)8-15(9-14)24-13-3-5-16(6-4-13)26(2,20)21/h3-9,11H,10,25H2,1-2H3,(H,18,19)/t11-/m0/s1. The van der Waals surface area contributed by atoms with Crippen LogP contribution in [-0.4, -0.2) is 38.5 Å². The van der Waals surface area contributed by atoms with E-state index in [1.807, 2.05) is 0 Å². The molecule has 140 valence electrons. The molecule has 2 aromatic rings. The number of hydrogen-bond donors (Lipinski definition) is 1. The molecule has 2 rings (SSSR count). The fourth-order valence-electron chi connectivity index (χ4n) is 2.11. The Labute approximate surface area is 154 Å². The number of carboxylic acid groups (broad SMARTS) is 1. The number of carboxylic acids is 1. The van der Waals surface area contributed by atoms with E-state index in [1.165, 1.54) is 36.4 Å². The minimum absolute atomic E-state index is 0.00393. The van der Waals surface area contributed by atoms with Crippen LogP contribution in [0.15, 0.2) is 47.4 Å². The van der Waals surface area contributed by atoms with Gasteiger partial charge in [0, 0.05) is 21.8 Å². The first-order chi connectivity index (χ1) is 12.2. The van der Waals surface area contributed by atoms with Crippen LogP contribution in [0.2, 0.25) is 0 Å². The number of sulfone groups is 1. The van der Waals surface area contributed by atoms with Crippen molar-refractivity contribution in [3.8, 4) is 17.2 Å². The largest absolute Gasteiger partial charge is 0.488 e. The van der Waals surface area contributed by atoms with Gasteiger partial charge in [0.25, 0.3) is 0 Å². The molecule has 2 atom stereocenters. The second kappa shape index (κ2) is 8.49. The highest BCUT2D eigenvalue weighted by Gasteiger charge is 2.12. The summed E-state index contributed by atoms with van der Waals surface area (Å²) >= 11 is 0. The van der Waals surface area contributed by atoms with Crippen molar-refractivity contribution >= 4 is 25.3 Å². The lowest BCUT2D eigenvalue weighted by Crippen LogP contribution is -2.17. The van der Waals surface area contributed by atoms with Crippen LogP contribution < -0.4 is 9.47 Å². The van der Waals surface area contributed by atoms with Crippen LogP contribution in [0.3, 0.4) is 0 Å². The van der Waals surface area contributed by atoms with Crippen LogP contribution in [0.5, 0.6) is 17.2 Å². The normalized spacial score (nSPS) is 12.4. The zero-order valence-corrected chi connectivity index (χ0v) is 16.2. The van der Waals surface area contributed by atoms with E-state index in [9.17, 15) is 18.3 Å². The summed E-state index contributed by atoms with van der Waals surface area (Å²) in [6.45, 7) is 2.09. The van der Waals surface area contributed by atoms with E-state index in [-0.39, 0.29) is 22.3 Å². The topological polar surface area (TPSA) is 99.1 Å². The number of hydrogen-bond acceptors (Lipinski definition) is 6. The summed E-state index contributed by atoms with van der Waals surface area (Å²) in [5, 5.41) is 9.26. The lowest BCUT2D eigenvalue weighted by Gasteiger charge is -2.15. The predicted octanol–water partition coefficient (Wildman–Crippen LogP) is 3.15. The van der Waals surface area contributed by atoms with Crippen molar-refractivity contribution in [1.29, 1.82) is 0 Å². The Bertz CT molecular complexity index is 878. The van der Waals surface area contributed by atoms with Gasteiger partial charge in [-0.3, -0.25) is 0 Å². The highest BCUT2D eigenvalue weighted by atomic mass is 32.2. The molecule has 1 N–H and O–H groups in total. The minimum Gasteiger partial charge on any atom is -0.488 e. The smallest absolute Gasteiger partial charge is 0.335 e. The summed E-state index contributed by atoms with van der Waals surface area (Å²) in [7, 11) is -1.18. The van der Waals surface area contributed by atoms with Crippen LogP contribution in [0.1, 0.15) is 17.3 Å². The number of aromatic carboxylic acids is 1. The highest BCUT2D eigenvalue weighted by molar-refractivity contribution is 7.90. The molecule has 2 aromatic carbocycles. The van der Waals surface area contributed by atoms with Crippen LogP contribution in [0.25, 0.3) is 0 Å². The molecule has 0 fully saturated rings. The molecule has 9 heteroatoms. The van der Waals surface area contributed by atoms with Crippen molar-refractivity contribution in [2.24, 2.45) is 0 Å². The van der Waals surface area contributed by atoms with E-state index in [1.54, 1.807) is 13.0 Å². The molecule has 26 heavy (non-hydrogen) atoms. The summed E-state index contributed by atoms with van der Waals surface area (Å²) < 4.78 is 39.2. The number of carbonyl (C=O) groups is 1. The zero-order chi connectivity index (χ0) is 19.3. The van der Waals surface area contributed by atoms with Gasteiger partial charge in [0.2, 0.25) is 0 Å². The van der Waals surface area contributed by atoms with E-state index in [0.29, 0.717) is 18.1 Å². The fraction of sp³-hybridized carbons (Fsp3) is 0.235. The van der Waals surface area contributed by atoms with E-state index in [4.69, 9.17) is 14.0 Å². The molecular formula is C17H19O7PS. The summed E-state index contributed by atoms with van der Waals surface area (Å²) in [5.41, 5.74) is 0.00393. The Hall–Kier alpha value is -2.15. The third kappa shape index (κ3) is 5.69. The van der Waals surface area contributed by atoms with Crippen molar-refractivity contribution in [2.75, 3.05) is 12.9 Å². The van der Waals surface area contributed by atoms with E-state index < -0.39 is 15.8 Å². The average Bonchev–Trinajstić information content (AvgIpc) is 2.54. The monoisotopic (exact) mass is 398 g/mol. The van der Waals surface area contributed by atoms with Gasteiger partial charge in [-0.05, 0) is 43.3 Å². The Morgan fingerprint density at radius 2 is 1.73 bits per heavy atom. The van der Waals surface area contributed by atoms with Crippen LogP contribution in [0.4, 0.5) is 0 Å². The van der Waals surface area contributed by atoms with E-state index in [2.05, 4.69) is 9.47 Å². The van der Waals surface area contributed by atoms with Crippen molar-refractivity contribution in [3.63, 3.8) is 0 Å². The van der Waals surface area contributed by atoms with Crippen LogP contribution >= 0.6 is 9.47 Å². The fourth-order valence-corrected chi connectivity index (χ4v) is 3.02. The first kappa shape index (κ1) is 20.2. The third-order valence-electron chi connectivity index (χ3n) is 3.28. The van der Waals surface area contributed by atoms with E-state index in [0.717, 1.165) is 6.26 Å². The molecule has 0 heterocycles. The molecule has 0 amide bonds. The second-order valence-corrected chi connectivity index (χ2v) is 7.95. The van der Waals surface area contributed by atoms with Gasteiger partial charge in [-0.25, -0.2) is 13.2 Å². The van der Waals surface area contributed by atoms with Gasteiger partial charge in [0.05, 0.1) is 17.1 Å². The second-order valence-electron chi connectivity index (χ2n) is 5.61. The maximum Gasteiger partial charge on any atom is 0.335 e.